The van der Waals surface area contributed by atoms with Gasteiger partial charge >= 0.3 is 0 Å². The van der Waals surface area contributed by atoms with Crippen molar-refractivity contribution in [3.8, 4) is 5.75 Å². The minimum atomic E-state index is -0.00457. The average Bonchev–Trinajstić information content (AvgIpc) is 2.58. The van der Waals surface area contributed by atoms with Crippen molar-refractivity contribution in [2.75, 3.05) is 27.7 Å². The monoisotopic (exact) mass is 309 g/mol. The minimum absolute atomic E-state index is 0.00457. The Morgan fingerprint density at radius 2 is 1.78 bits per heavy atom. The van der Waals surface area contributed by atoms with Crippen molar-refractivity contribution in [2.45, 2.75) is 6.42 Å². The molecule has 0 aliphatic carbocycles. The largest absolute Gasteiger partial charge is 0.497 e. The predicted octanol–water partition coefficient (Wildman–Crippen LogP) is 3.70. The topological polar surface area (TPSA) is 29.5 Å². The van der Waals surface area contributed by atoms with Crippen LogP contribution in [-0.2, 0) is 6.42 Å². The Balaban J connectivity index is 2.11. The van der Waals surface area contributed by atoms with Gasteiger partial charge in [-0.25, -0.2) is 0 Å². The fourth-order valence-corrected chi connectivity index (χ4v) is 2.29. The number of carbonyl (C=O) groups is 1. The maximum absolute atomic E-state index is 12.3. The van der Waals surface area contributed by atoms with Gasteiger partial charge in [0.05, 0.1) is 7.11 Å². The predicted molar refractivity (Wildman–Crippen MR) is 95.1 cm³/mol. The van der Waals surface area contributed by atoms with Crippen molar-refractivity contribution in [1.82, 2.24) is 4.90 Å². The van der Waals surface area contributed by atoms with Crippen LogP contribution in [0, 0.1) is 0 Å². The molecular formula is C20H23NO2. The maximum Gasteiger partial charge on any atom is 0.185 e. The molecule has 0 N–H and O–H groups in total. The van der Waals surface area contributed by atoms with Crippen molar-refractivity contribution in [3.05, 3.63) is 71.3 Å². The van der Waals surface area contributed by atoms with Crippen molar-refractivity contribution in [3.63, 3.8) is 0 Å². The lowest BCUT2D eigenvalue weighted by molar-refractivity contribution is 0.104. The summed E-state index contributed by atoms with van der Waals surface area (Å²) in [6.45, 7) is 0.983. The Bertz CT molecular complexity index is 672. The molecular weight excluding hydrogens is 286 g/mol. The molecule has 23 heavy (non-hydrogen) atoms. The fraction of sp³-hybridized carbons (Fsp3) is 0.250. The number of ether oxygens (including phenoxy) is 1. The average molecular weight is 309 g/mol. The van der Waals surface area contributed by atoms with Crippen molar-refractivity contribution < 1.29 is 9.53 Å². The second kappa shape index (κ2) is 8.30. The molecule has 2 aromatic carbocycles. The van der Waals surface area contributed by atoms with Crippen LogP contribution >= 0.6 is 0 Å². The molecule has 0 spiro atoms. The molecule has 0 atom stereocenters. The van der Waals surface area contributed by atoms with Crippen LogP contribution < -0.4 is 4.74 Å². The zero-order chi connectivity index (χ0) is 16.7. The summed E-state index contributed by atoms with van der Waals surface area (Å²) in [5, 5.41) is 0. The van der Waals surface area contributed by atoms with Gasteiger partial charge < -0.3 is 9.64 Å². The van der Waals surface area contributed by atoms with Crippen molar-refractivity contribution >= 4 is 11.9 Å². The van der Waals surface area contributed by atoms with Gasteiger partial charge in [-0.2, -0.15) is 0 Å². The van der Waals surface area contributed by atoms with Crippen molar-refractivity contribution in [2.24, 2.45) is 0 Å². The van der Waals surface area contributed by atoms with E-state index in [1.165, 1.54) is 5.56 Å². The first kappa shape index (κ1) is 17.0. The third-order valence-corrected chi connectivity index (χ3v) is 3.67. The number of hydrogen-bond donors (Lipinski definition) is 0. The quantitative estimate of drug-likeness (QED) is 0.577. The van der Waals surface area contributed by atoms with Crippen LogP contribution in [0.4, 0.5) is 0 Å². The standard InChI is InChI=1S/C20H23NO2/c1-21(2)15-14-17-7-5-4-6-16(17)10-13-20(22)18-8-11-19(23-3)12-9-18/h4-13H,14-15H2,1-3H3. The molecule has 3 heteroatoms. The molecule has 120 valence electrons. The third-order valence-electron chi connectivity index (χ3n) is 3.67. The first-order valence-corrected chi connectivity index (χ1v) is 7.69. The summed E-state index contributed by atoms with van der Waals surface area (Å²) in [5.74, 6) is 0.745. The lowest BCUT2D eigenvalue weighted by Gasteiger charge is -2.11. The Morgan fingerprint density at radius 1 is 1.09 bits per heavy atom. The number of rotatable bonds is 7. The number of nitrogens with zero attached hydrogens (tertiary/aromatic N) is 1. The van der Waals surface area contributed by atoms with Gasteiger partial charge in [0, 0.05) is 12.1 Å². The van der Waals surface area contributed by atoms with E-state index in [9.17, 15) is 4.79 Å². The van der Waals surface area contributed by atoms with Gasteiger partial charge in [-0.15, -0.1) is 0 Å². The SMILES string of the molecule is COc1ccc(C(=O)C=Cc2ccccc2CCN(C)C)cc1. The zero-order valence-corrected chi connectivity index (χ0v) is 14.0. The lowest BCUT2D eigenvalue weighted by Crippen LogP contribution is -2.15. The van der Waals surface area contributed by atoms with E-state index in [0.717, 1.165) is 24.3 Å². The van der Waals surface area contributed by atoms with Gasteiger partial charge in [-0.3, -0.25) is 4.79 Å². The van der Waals surface area contributed by atoms with Crippen LogP contribution in [0.5, 0.6) is 5.75 Å². The van der Waals surface area contributed by atoms with E-state index < -0.39 is 0 Å². The van der Waals surface area contributed by atoms with Crippen LogP contribution in [0.2, 0.25) is 0 Å². The number of ketones is 1. The van der Waals surface area contributed by atoms with E-state index in [0.29, 0.717) is 5.56 Å². The van der Waals surface area contributed by atoms with Crippen LogP contribution in [-0.4, -0.2) is 38.4 Å². The smallest absolute Gasteiger partial charge is 0.185 e. The Hall–Kier alpha value is -2.39. The second-order valence-electron chi connectivity index (χ2n) is 5.68. The summed E-state index contributed by atoms with van der Waals surface area (Å²) in [6.07, 6.45) is 4.50. The lowest BCUT2D eigenvalue weighted by atomic mass is 10.0. The maximum atomic E-state index is 12.3. The highest BCUT2D eigenvalue weighted by Gasteiger charge is 2.04. The van der Waals surface area contributed by atoms with E-state index in [1.807, 2.05) is 24.3 Å². The van der Waals surface area contributed by atoms with Gasteiger partial charge in [-0.05, 0) is 62.0 Å². The summed E-state index contributed by atoms with van der Waals surface area (Å²) in [7, 11) is 5.73. The molecule has 0 saturated carbocycles. The molecule has 0 amide bonds. The van der Waals surface area contributed by atoms with Crippen LogP contribution in [0.3, 0.4) is 0 Å². The second-order valence-corrected chi connectivity index (χ2v) is 5.68. The highest BCUT2D eigenvalue weighted by atomic mass is 16.5. The number of likely N-dealkylation sites (N-methyl/N-ethyl adjacent to an activating group) is 1. The number of hydrogen-bond acceptors (Lipinski definition) is 3. The molecule has 0 unspecified atom stereocenters. The molecule has 0 aromatic heterocycles. The first-order valence-electron chi connectivity index (χ1n) is 7.69. The van der Waals surface area contributed by atoms with Gasteiger partial charge in [-0.1, -0.05) is 30.3 Å². The fourth-order valence-electron chi connectivity index (χ4n) is 2.29. The normalized spacial score (nSPS) is 11.1. The highest BCUT2D eigenvalue weighted by molar-refractivity contribution is 6.06. The molecule has 0 bridgehead atoms. The molecule has 0 aliphatic rings. The number of methoxy groups -OCH3 is 1. The van der Waals surface area contributed by atoms with E-state index in [-0.39, 0.29) is 5.78 Å². The molecule has 2 rings (SSSR count). The highest BCUT2D eigenvalue weighted by Crippen LogP contribution is 2.15. The van der Waals surface area contributed by atoms with E-state index >= 15 is 0 Å². The molecule has 0 aliphatic heterocycles. The van der Waals surface area contributed by atoms with Gasteiger partial charge in [0.15, 0.2) is 5.78 Å². The van der Waals surface area contributed by atoms with E-state index in [2.05, 4.69) is 25.1 Å². The van der Waals surface area contributed by atoms with Gasteiger partial charge in [0.25, 0.3) is 0 Å². The van der Waals surface area contributed by atoms with Crippen LogP contribution in [0.25, 0.3) is 6.08 Å². The third kappa shape index (κ3) is 5.08. The summed E-state index contributed by atoms with van der Waals surface area (Å²) in [5.41, 5.74) is 3.00. The number of carbonyl (C=O) groups excluding carboxylic acids is 1. The Labute approximate surface area is 138 Å². The Morgan fingerprint density at radius 3 is 2.43 bits per heavy atom. The van der Waals surface area contributed by atoms with Crippen LogP contribution in [0.15, 0.2) is 54.6 Å². The summed E-state index contributed by atoms with van der Waals surface area (Å²) in [6, 6.07) is 15.3. The molecule has 0 heterocycles. The van der Waals surface area contributed by atoms with Gasteiger partial charge in [0.1, 0.15) is 5.75 Å². The Kier molecular flexibility index (Phi) is 6.12. The minimum Gasteiger partial charge on any atom is -0.497 e. The molecule has 0 saturated heterocycles. The van der Waals surface area contributed by atoms with E-state index in [4.69, 9.17) is 4.74 Å². The molecule has 0 fully saturated rings. The summed E-state index contributed by atoms with van der Waals surface area (Å²) in [4.78, 5) is 14.4. The molecule has 3 nitrogen and oxygen atoms in total. The van der Waals surface area contributed by atoms with Crippen molar-refractivity contribution in [1.29, 1.82) is 0 Å². The summed E-state index contributed by atoms with van der Waals surface area (Å²) < 4.78 is 5.11. The first-order chi connectivity index (χ1) is 11.1. The molecule has 2 aromatic rings. The van der Waals surface area contributed by atoms with E-state index in [1.54, 1.807) is 37.5 Å². The zero-order valence-electron chi connectivity index (χ0n) is 14.0. The van der Waals surface area contributed by atoms with Crippen LogP contribution in [0.1, 0.15) is 21.5 Å². The number of allylic oxidation sites excluding steroid dienone is 1. The number of benzene rings is 2. The molecule has 0 radical (unpaired) electrons. The summed E-state index contributed by atoms with van der Waals surface area (Å²) >= 11 is 0. The van der Waals surface area contributed by atoms with Gasteiger partial charge in [0.2, 0.25) is 0 Å².